The van der Waals surface area contributed by atoms with Crippen molar-refractivity contribution in [3.63, 3.8) is 0 Å². The van der Waals surface area contributed by atoms with Gasteiger partial charge in [0.15, 0.2) is 6.73 Å². The van der Waals surface area contributed by atoms with Gasteiger partial charge in [-0.3, -0.25) is 0 Å². The van der Waals surface area contributed by atoms with Gasteiger partial charge >= 0.3 is 5.63 Å². The summed E-state index contributed by atoms with van der Waals surface area (Å²) in [4.78, 5) is 14.0. The number of methoxy groups -OCH3 is 2. The second-order valence-corrected chi connectivity index (χ2v) is 7.35. The van der Waals surface area contributed by atoms with E-state index in [0.717, 1.165) is 39.9 Å². The summed E-state index contributed by atoms with van der Waals surface area (Å²) in [6.45, 7) is 4.86. The van der Waals surface area contributed by atoms with Crippen LogP contribution in [0.15, 0.2) is 33.5 Å². The summed E-state index contributed by atoms with van der Waals surface area (Å²) in [5, 5.41) is 1.44. The topological polar surface area (TPSA) is 61.1 Å². The van der Waals surface area contributed by atoms with Crippen molar-refractivity contribution in [1.29, 1.82) is 0 Å². The summed E-state index contributed by atoms with van der Waals surface area (Å²) in [6, 6.07) is 7.19. The number of fused-ring (bicyclic) bond motifs is 2. The number of ether oxygens (including phenoxy) is 3. The zero-order chi connectivity index (χ0) is 20.7. The molecule has 0 fully saturated rings. The third-order valence-corrected chi connectivity index (χ3v) is 5.57. The predicted molar refractivity (Wildman–Crippen MR) is 113 cm³/mol. The molecule has 1 aliphatic rings. The van der Waals surface area contributed by atoms with Gasteiger partial charge in [-0.15, -0.1) is 0 Å². The summed E-state index contributed by atoms with van der Waals surface area (Å²) in [5.74, 6) is 1.95. The van der Waals surface area contributed by atoms with Crippen LogP contribution in [0, 0.1) is 6.92 Å². The molecule has 0 atom stereocenters. The quantitative estimate of drug-likeness (QED) is 0.576. The fourth-order valence-electron chi connectivity index (χ4n) is 3.82. The van der Waals surface area contributed by atoms with Crippen molar-refractivity contribution in [2.24, 2.45) is 0 Å². The Labute approximate surface area is 173 Å². The molecule has 0 bridgehead atoms. The first-order chi connectivity index (χ1) is 14.0. The number of aryl methyl sites for hydroxylation is 2. The molecular weight excluding hydrogens is 394 g/mol. The molecule has 0 amide bonds. The Morgan fingerprint density at radius 1 is 1.14 bits per heavy atom. The number of nitrogens with zero attached hydrogens (tertiary/aromatic N) is 1. The van der Waals surface area contributed by atoms with Gasteiger partial charge in [-0.2, -0.15) is 0 Å². The molecular formula is C22H22ClNO5. The van der Waals surface area contributed by atoms with Crippen molar-refractivity contribution in [3.05, 3.63) is 56.4 Å². The van der Waals surface area contributed by atoms with Crippen molar-refractivity contribution >= 4 is 28.3 Å². The highest BCUT2D eigenvalue weighted by Gasteiger charge is 2.25. The van der Waals surface area contributed by atoms with Crippen LogP contribution in [0.4, 0.5) is 5.69 Å². The molecule has 2 heterocycles. The molecule has 3 aromatic rings. The summed E-state index contributed by atoms with van der Waals surface area (Å²) in [6.07, 6.45) is 0.743. The number of anilines is 1. The second kappa shape index (κ2) is 7.52. The molecule has 0 aliphatic carbocycles. The van der Waals surface area contributed by atoms with Gasteiger partial charge in [0.05, 0.1) is 31.5 Å². The summed E-state index contributed by atoms with van der Waals surface area (Å²) in [7, 11) is 3.18. The molecule has 0 N–H and O–H groups in total. The van der Waals surface area contributed by atoms with Crippen LogP contribution in [-0.4, -0.2) is 21.0 Å². The van der Waals surface area contributed by atoms with E-state index in [1.807, 2.05) is 30.9 Å². The molecule has 0 spiro atoms. The lowest BCUT2D eigenvalue weighted by atomic mass is 9.99. The Hall–Kier alpha value is -2.86. The summed E-state index contributed by atoms with van der Waals surface area (Å²) in [5.41, 5.74) is 3.88. The SMILES string of the molecule is CCc1cc(=O)oc2c(C)c3c(cc12)CN(c1cc(Cl)c(OC)cc1OC)CO3. The van der Waals surface area contributed by atoms with Crippen LogP contribution in [0.5, 0.6) is 17.2 Å². The standard InChI is InChI=1S/C22H22ClNO5/c1-5-13-7-20(25)29-22-12(2)21-14(6-15(13)22)10-24(11-28-21)17-8-16(23)18(26-3)9-19(17)27-4/h6-9H,5,10-11H2,1-4H3. The van der Waals surface area contributed by atoms with Crippen molar-refractivity contribution in [2.45, 2.75) is 26.8 Å². The minimum Gasteiger partial charge on any atom is -0.495 e. The largest absolute Gasteiger partial charge is 0.495 e. The summed E-state index contributed by atoms with van der Waals surface area (Å²) < 4.78 is 22.4. The zero-order valence-electron chi connectivity index (χ0n) is 16.8. The van der Waals surface area contributed by atoms with Gasteiger partial charge in [-0.1, -0.05) is 18.5 Å². The van der Waals surface area contributed by atoms with Crippen LogP contribution in [0.1, 0.15) is 23.6 Å². The first-order valence-corrected chi connectivity index (χ1v) is 9.73. The molecule has 6 nitrogen and oxygen atoms in total. The zero-order valence-corrected chi connectivity index (χ0v) is 17.6. The van der Waals surface area contributed by atoms with E-state index < -0.39 is 0 Å². The number of hydrogen-bond donors (Lipinski definition) is 0. The molecule has 2 aromatic carbocycles. The van der Waals surface area contributed by atoms with E-state index in [-0.39, 0.29) is 5.63 Å². The van der Waals surface area contributed by atoms with Gasteiger partial charge in [0.2, 0.25) is 0 Å². The van der Waals surface area contributed by atoms with E-state index in [4.69, 9.17) is 30.2 Å². The van der Waals surface area contributed by atoms with Crippen LogP contribution in [-0.2, 0) is 13.0 Å². The molecule has 0 saturated carbocycles. The van der Waals surface area contributed by atoms with Gasteiger partial charge in [0.25, 0.3) is 0 Å². The van der Waals surface area contributed by atoms with Gasteiger partial charge in [-0.25, -0.2) is 4.79 Å². The van der Waals surface area contributed by atoms with Gasteiger partial charge in [0, 0.05) is 28.6 Å². The molecule has 152 valence electrons. The van der Waals surface area contributed by atoms with E-state index in [1.54, 1.807) is 26.4 Å². The third-order valence-electron chi connectivity index (χ3n) is 5.28. The van der Waals surface area contributed by atoms with Crippen molar-refractivity contribution in [1.82, 2.24) is 0 Å². The van der Waals surface area contributed by atoms with Crippen LogP contribution < -0.4 is 24.7 Å². The molecule has 1 aliphatic heterocycles. The first-order valence-electron chi connectivity index (χ1n) is 9.35. The highest BCUT2D eigenvalue weighted by molar-refractivity contribution is 6.32. The van der Waals surface area contributed by atoms with Crippen molar-refractivity contribution < 1.29 is 18.6 Å². The fourth-order valence-corrected chi connectivity index (χ4v) is 4.06. The van der Waals surface area contributed by atoms with E-state index in [0.29, 0.717) is 35.4 Å². The van der Waals surface area contributed by atoms with Crippen LogP contribution in [0.2, 0.25) is 5.02 Å². The summed E-state index contributed by atoms with van der Waals surface area (Å²) >= 11 is 6.35. The van der Waals surface area contributed by atoms with E-state index in [2.05, 4.69) is 0 Å². The Bertz CT molecular complexity index is 1150. The maximum Gasteiger partial charge on any atom is 0.336 e. The van der Waals surface area contributed by atoms with Crippen LogP contribution in [0.25, 0.3) is 11.0 Å². The second-order valence-electron chi connectivity index (χ2n) is 6.94. The molecule has 1 aromatic heterocycles. The highest BCUT2D eigenvalue weighted by Crippen LogP contribution is 2.42. The minimum absolute atomic E-state index is 0.316. The first kappa shape index (κ1) is 19.5. The highest BCUT2D eigenvalue weighted by atomic mass is 35.5. The lowest BCUT2D eigenvalue weighted by molar-refractivity contribution is 0.285. The van der Waals surface area contributed by atoms with Gasteiger partial charge < -0.3 is 23.5 Å². The Morgan fingerprint density at radius 3 is 2.59 bits per heavy atom. The van der Waals surface area contributed by atoms with Gasteiger partial charge in [-0.05, 0) is 31.0 Å². The van der Waals surface area contributed by atoms with Gasteiger partial charge in [0.1, 0.15) is 22.8 Å². The number of halogens is 1. The fraction of sp³-hybridized carbons (Fsp3) is 0.318. The third kappa shape index (κ3) is 3.27. The molecule has 0 radical (unpaired) electrons. The predicted octanol–water partition coefficient (Wildman–Crippen LogP) is 4.69. The molecule has 29 heavy (non-hydrogen) atoms. The monoisotopic (exact) mass is 415 g/mol. The van der Waals surface area contributed by atoms with Crippen molar-refractivity contribution in [3.8, 4) is 17.2 Å². The minimum atomic E-state index is -0.340. The van der Waals surface area contributed by atoms with Crippen molar-refractivity contribution in [2.75, 3.05) is 25.9 Å². The number of benzene rings is 2. The maximum atomic E-state index is 11.9. The maximum absolute atomic E-state index is 11.9. The van der Waals surface area contributed by atoms with Crippen LogP contribution in [0.3, 0.4) is 0 Å². The van der Waals surface area contributed by atoms with E-state index in [1.165, 1.54) is 0 Å². The molecule has 0 saturated heterocycles. The lowest BCUT2D eigenvalue weighted by Gasteiger charge is -2.33. The van der Waals surface area contributed by atoms with Crippen LogP contribution >= 0.6 is 11.6 Å². The molecule has 0 unspecified atom stereocenters. The average Bonchev–Trinajstić information content (AvgIpc) is 2.73. The number of hydrogen-bond acceptors (Lipinski definition) is 6. The lowest BCUT2D eigenvalue weighted by Crippen LogP contribution is -2.32. The Kier molecular flexibility index (Phi) is 5.04. The van der Waals surface area contributed by atoms with E-state index in [9.17, 15) is 4.79 Å². The normalized spacial score (nSPS) is 13.2. The Balaban J connectivity index is 1.81. The molecule has 4 rings (SSSR count). The Morgan fingerprint density at radius 2 is 1.90 bits per heavy atom. The van der Waals surface area contributed by atoms with E-state index >= 15 is 0 Å². The average molecular weight is 416 g/mol. The number of rotatable bonds is 4. The molecule has 7 heteroatoms. The smallest absolute Gasteiger partial charge is 0.336 e.